The highest BCUT2D eigenvalue weighted by Crippen LogP contribution is 2.52. The minimum Gasteiger partial charge on any atom is -0.353 e. The summed E-state index contributed by atoms with van der Waals surface area (Å²) in [6, 6.07) is 5.33. The van der Waals surface area contributed by atoms with Gasteiger partial charge >= 0.3 is 0 Å². The Labute approximate surface area is 162 Å². The van der Waals surface area contributed by atoms with Gasteiger partial charge < -0.3 is 10.1 Å². The lowest BCUT2D eigenvalue weighted by molar-refractivity contribution is 0.134. The van der Waals surface area contributed by atoms with Crippen molar-refractivity contribution in [3.05, 3.63) is 58.9 Å². The maximum absolute atomic E-state index is 15.4. The fraction of sp³-hybridized carbons (Fsp3) is 0.455. The van der Waals surface area contributed by atoms with Crippen LogP contribution in [0.1, 0.15) is 31.2 Å². The van der Waals surface area contributed by atoms with E-state index < -0.39 is 11.9 Å². The number of allylic oxidation sites excluding steroid dienone is 6. The van der Waals surface area contributed by atoms with Gasteiger partial charge in [-0.25, -0.2) is 8.78 Å². The van der Waals surface area contributed by atoms with Gasteiger partial charge in [-0.15, -0.1) is 0 Å². The molecule has 27 heavy (non-hydrogen) atoms. The molecule has 3 aliphatic carbocycles. The van der Waals surface area contributed by atoms with Gasteiger partial charge in [0.1, 0.15) is 6.17 Å². The molecular formula is C22H22ClF2NO. The molecule has 0 radical (unpaired) electrons. The minimum atomic E-state index is -0.787. The molecule has 5 heteroatoms. The minimum absolute atomic E-state index is 0.0756. The summed E-state index contributed by atoms with van der Waals surface area (Å²) in [4.78, 5) is 0. The first-order chi connectivity index (χ1) is 13.1. The molecule has 1 aromatic carbocycles. The molecule has 1 saturated carbocycles. The zero-order valence-corrected chi connectivity index (χ0v) is 15.7. The largest absolute Gasteiger partial charge is 0.353 e. The lowest BCUT2D eigenvalue weighted by Gasteiger charge is -2.38. The number of nitrogens with one attached hydrogen (secondary N) is 1. The van der Waals surface area contributed by atoms with Crippen LogP contribution in [0.5, 0.6) is 0 Å². The third-order valence-electron chi connectivity index (χ3n) is 6.38. The molecule has 2 fully saturated rings. The fourth-order valence-corrected chi connectivity index (χ4v) is 5.22. The van der Waals surface area contributed by atoms with Crippen molar-refractivity contribution < 1.29 is 13.5 Å². The van der Waals surface area contributed by atoms with Crippen LogP contribution in [-0.2, 0) is 4.74 Å². The van der Waals surface area contributed by atoms with Crippen molar-refractivity contribution in [1.29, 1.82) is 0 Å². The Morgan fingerprint density at radius 1 is 1.15 bits per heavy atom. The number of hydrogen-bond donors (Lipinski definition) is 1. The number of rotatable bonds is 4. The SMILES string of the molecule is Fc1c(NC2(C3CCC[C@H](F)C3)CO2)cccc1C1=C(Cl)[C@H]2C=CC=CC12. The highest BCUT2D eigenvalue weighted by Gasteiger charge is 2.53. The van der Waals surface area contributed by atoms with Gasteiger partial charge in [0.15, 0.2) is 11.5 Å². The third kappa shape index (κ3) is 2.85. The molecule has 1 heterocycles. The molecule has 1 saturated heterocycles. The Kier molecular flexibility index (Phi) is 4.17. The topological polar surface area (TPSA) is 24.6 Å². The van der Waals surface area contributed by atoms with Crippen molar-refractivity contribution >= 4 is 22.9 Å². The van der Waals surface area contributed by atoms with Gasteiger partial charge in [0.05, 0.1) is 12.3 Å². The molecule has 5 atom stereocenters. The van der Waals surface area contributed by atoms with E-state index in [1.165, 1.54) is 0 Å². The van der Waals surface area contributed by atoms with E-state index in [1.54, 1.807) is 12.1 Å². The predicted molar refractivity (Wildman–Crippen MR) is 104 cm³/mol. The van der Waals surface area contributed by atoms with Crippen molar-refractivity contribution in [2.75, 3.05) is 11.9 Å². The first kappa shape index (κ1) is 17.4. The van der Waals surface area contributed by atoms with Crippen molar-refractivity contribution in [2.45, 2.75) is 37.6 Å². The number of alkyl halides is 1. The van der Waals surface area contributed by atoms with E-state index in [0.717, 1.165) is 18.4 Å². The van der Waals surface area contributed by atoms with E-state index >= 15 is 4.39 Å². The van der Waals surface area contributed by atoms with Crippen LogP contribution in [0.2, 0.25) is 0 Å². The second-order valence-electron chi connectivity index (χ2n) is 8.01. The zero-order valence-electron chi connectivity index (χ0n) is 14.9. The quantitative estimate of drug-likeness (QED) is 0.657. The second-order valence-corrected chi connectivity index (χ2v) is 8.42. The lowest BCUT2D eigenvalue weighted by Crippen LogP contribution is -2.37. The smallest absolute Gasteiger partial charge is 0.165 e. The highest BCUT2D eigenvalue weighted by atomic mass is 35.5. The van der Waals surface area contributed by atoms with E-state index in [2.05, 4.69) is 17.5 Å². The summed E-state index contributed by atoms with van der Waals surface area (Å²) in [5, 5.41) is 3.97. The van der Waals surface area contributed by atoms with E-state index in [4.69, 9.17) is 16.3 Å². The second kappa shape index (κ2) is 6.46. The van der Waals surface area contributed by atoms with Crippen LogP contribution in [0.15, 0.2) is 47.5 Å². The molecule has 0 bridgehead atoms. The van der Waals surface area contributed by atoms with E-state index in [9.17, 15) is 4.39 Å². The van der Waals surface area contributed by atoms with Crippen LogP contribution >= 0.6 is 11.6 Å². The number of epoxide rings is 1. The van der Waals surface area contributed by atoms with Gasteiger partial charge in [-0.3, -0.25) is 0 Å². The molecule has 2 nitrogen and oxygen atoms in total. The van der Waals surface area contributed by atoms with Gasteiger partial charge in [-0.1, -0.05) is 54.5 Å². The number of fused-ring (bicyclic) bond motifs is 1. The summed E-state index contributed by atoms with van der Waals surface area (Å²) >= 11 is 6.47. The van der Waals surface area contributed by atoms with Crippen molar-refractivity contribution in [1.82, 2.24) is 0 Å². The Morgan fingerprint density at radius 3 is 2.67 bits per heavy atom. The Balaban J connectivity index is 1.42. The van der Waals surface area contributed by atoms with Gasteiger partial charge in [0, 0.05) is 28.3 Å². The molecule has 1 N–H and O–H groups in total. The van der Waals surface area contributed by atoms with Crippen LogP contribution in [-0.4, -0.2) is 18.5 Å². The summed E-state index contributed by atoms with van der Waals surface area (Å²) in [5.74, 6) is 0.0506. The third-order valence-corrected chi connectivity index (χ3v) is 6.83. The molecule has 3 unspecified atom stereocenters. The van der Waals surface area contributed by atoms with Gasteiger partial charge in [0.2, 0.25) is 0 Å². The molecular weight excluding hydrogens is 368 g/mol. The monoisotopic (exact) mass is 389 g/mol. The summed E-state index contributed by atoms with van der Waals surface area (Å²) in [7, 11) is 0. The Bertz CT molecular complexity index is 858. The van der Waals surface area contributed by atoms with Crippen molar-refractivity contribution in [3.8, 4) is 0 Å². The molecule has 1 aromatic rings. The lowest BCUT2D eigenvalue weighted by atomic mass is 9.69. The maximum Gasteiger partial charge on any atom is 0.165 e. The van der Waals surface area contributed by atoms with Gasteiger partial charge in [-0.05, 0) is 30.9 Å². The first-order valence-corrected chi connectivity index (χ1v) is 10.1. The number of benzene rings is 1. The van der Waals surface area contributed by atoms with E-state index in [0.29, 0.717) is 35.7 Å². The van der Waals surface area contributed by atoms with E-state index in [-0.39, 0.29) is 23.6 Å². The molecule has 0 spiro atoms. The maximum atomic E-state index is 15.4. The van der Waals surface area contributed by atoms with E-state index in [1.807, 2.05) is 18.2 Å². The standard InChI is InChI=1S/C22H22ClF2NO/c23-20-16-8-2-1-7-15(16)19(20)17-9-4-10-18(21(17)25)26-22(12-27-22)13-5-3-6-14(24)11-13/h1-2,4,7-10,13-16,26H,3,5-6,11-12H2/t13?,14-,15?,16-,22?/m0/s1. The number of halogens is 3. The first-order valence-electron chi connectivity index (χ1n) is 9.69. The summed E-state index contributed by atoms with van der Waals surface area (Å²) in [6.45, 7) is 0.496. The fourth-order valence-electron chi connectivity index (χ4n) is 4.78. The van der Waals surface area contributed by atoms with Crippen LogP contribution in [0.25, 0.3) is 5.57 Å². The molecule has 5 rings (SSSR count). The van der Waals surface area contributed by atoms with Gasteiger partial charge in [0.25, 0.3) is 0 Å². The number of ether oxygens (including phenoxy) is 1. The summed E-state index contributed by atoms with van der Waals surface area (Å²) < 4.78 is 34.9. The van der Waals surface area contributed by atoms with Gasteiger partial charge in [-0.2, -0.15) is 0 Å². The van der Waals surface area contributed by atoms with Crippen LogP contribution in [0.4, 0.5) is 14.5 Å². The average molecular weight is 390 g/mol. The molecule has 142 valence electrons. The highest BCUT2D eigenvalue weighted by molar-refractivity contribution is 6.35. The number of hydrogen-bond acceptors (Lipinski definition) is 2. The van der Waals surface area contributed by atoms with Crippen LogP contribution < -0.4 is 5.32 Å². The zero-order chi connectivity index (χ0) is 18.6. The Hall–Kier alpha value is -1.65. The van der Waals surface area contributed by atoms with Crippen molar-refractivity contribution in [2.24, 2.45) is 17.8 Å². The van der Waals surface area contributed by atoms with Crippen LogP contribution in [0.3, 0.4) is 0 Å². The molecule has 0 amide bonds. The van der Waals surface area contributed by atoms with Crippen molar-refractivity contribution in [3.63, 3.8) is 0 Å². The van der Waals surface area contributed by atoms with Crippen LogP contribution in [0, 0.1) is 23.6 Å². The molecule has 1 aliphatic heterocycles. The number of anilines is 1. The molecule has 4 aliphatic rings. The normalized spacial score (nSPS) is 37.0. The molecule has 0 aromatic heterocycles. The summed E-state index contributed by atoms with van der Waals surface area (Å²) in [5.41, 5.74) is 1.17. The predicted octanol–water partition coefficient (Wildman–Crippen LogP) is 5.81. The Morgan fingerprint density at radius 2 is 1.93 bits per heavy atom. The average Bonchev–Trinajstić information content (AvgIpc) is 3.45. The summed E-state index contributed by atoms with van der Waals surface area (Å²) in [6.07, 6.45) is 10.2.